The monoisotopic (exact) mass is 284 g/mol. The molecule has 2 heterocycles. The molecule has 2 aromatic rings. The molecule has 1 fully saturated rings. The Bertz CT molecular complexity index is 563. The Hall–Kier alpha value is -0.740. The van der Waals surface area contributed by atoms with Crippen LogP contribution in [0.5, 0.6) is 0 Å². The van der Waals surface area contributed by atoms with Gasteiger partial charge >= 0.3 is 0 Å². The van der Waals surface area contributed by atoms with Crippen molar-refractivity contribution in [3.8, 4) is 0 Å². The van der Waals surface area contributed by atoms with Crippen molar-refractivity contribution in [3.05, 3.63) is 29.8 Å². The van der Waals surface area contributed by atoms with Crippen molar-refractivity contribution in [1.82, 2.24) is 9.55 Å². The third kappa shape index (κ3) is 2.12. The first kappa shape index (κ1) is 12.3. The predicted molar refractivity (Wildman–Crippen MR) is 74.7 cm³/mol. The van der Waals surface area contributed by atoms with Crippen LogP contribution in [-0.4, -0.2) is 21.1 Å². The van der Waals surface area contributed by atoms with Crippen molar-refractivity contribution < 1.29 is 4.39 Å². The van der Waals surface area contributed by atoms with E-state index in [-0.39, 0.29) is 5.82 Å². The SMILES string of the molecule is Fc1cccc2c1nc(CCl)n2CC1CCSC1. The molecule has 18 heavy (non-hydrogen) atoms. The van der Waals surface area contributed by atoms with E-state index < -0.39 is 0 Å². The maximum Gasteiger partial charge on any atom is 0.151 e. The van der Waals surface area contributed by atoms with Gasteiger partial charge in [-0.25, -0.2) is 9.37 Å². The third-order valence-electron chi connectivity index (χ3n) is 3.39. The summed E-state index contributed by atoms with van der Waals surface area (Å²) in [5, 5.41) is 0. The molecule has 0 spiro atoms. The van der Waals surface area contributed by atoms with Gasteiger partial charge in [0.1, 0.15) is 11.3 Å². The number of nitrogens with zero attached hydrogens (tertiary/aromatic N) is 2. The van der Waals surface area contributed by atoms with Crippen LogP contribution in [0.25, 0.3) is 11.0 Å². The summed E-state index contributed by atoms with van der Waals surface area (Å²) in [5.41, 5.74) is 1.31. The van der Waals surface area contributed by atoms with E-state index in [2.05, 4.69) is 9.55 Å². The largest absolute Gasteiger partial charge is 0.327 e. The average molecular weight is 285 g/mol. The van der Waals surface area contributed by atoms with E-state index in [4.69, 9.17) is 11.6 Å². The first-order chi connectivity index (χ1) is 8.79. The standard InChI is InChI=1S/C13H14ClFN2S/c14-6-12-16-13-10(15)2-1-3-11(13)17(12)7-9-4-5-18-8-9/h1-3,9H,4-8H2. The Labute approximate surface area is 115 Å². The Kier molecular flexibility index (Phi) is 3.48. The number of hydrogen-bond donors (Lipinski definition) is 0. The molecule has 1 aromatic carbocycles. The number of aromatic nitrogens is 2. The Morgan fingerprint density at radius 2 is 2.39 bits per heavy atom. The van der Waals surface area contributed by atoms with Gasteiger partial charge in [-0.3, -0.25) is 0 Å². The molecule has 0 radical (unpaired) electrons. The number of para-hydroxylation sites is 1. The summed E-state index contributed by atoms with van der Waals surface area (Å²) in [6.07, 6.45) is 1.22. The highest BCUT2D eigenvalue weighted by Gasteiger charge is 2.20. The molecule has 0 N–H and O–H groups in total. The van der Waals surface area contributed by atoms with Crippen LogP contribution in [0.1, 0.15) is 12.2 Å². The number of halogens is 2. The molecule has 1 aromatic heterocycles. The molecule has 1 unspecified atom stereocenters. The maximum absolute atomic E-state index is 13.7. The Morgan fingerprint density at radius 1 is 1.50 bits per heavy atom. The molecule has 1 aliphatic heterocycles. The normalized spacial score (nSPS) is 19.8. The molecule has 0 amide bonds. The van der Waals surface area contributed by atoms with Crippen LogP contribution in [0.15, 0.2) is 18.2 Å². The second-order valence-corrected chi connectivity index (χ2v) is 6.03. The van der Waals surface area contributed by atoms with Gasteiger partial charge in [0.25, 0.3) is 0 Å². The minimum absolute atomic E-state index is 0.265. The molecule has 1 atom stereocenters. The van der Waals surface area contributed by atoms with E-state index in [9.17, 15) is 4.39 Å². The van der Waals surface area contributed by atoms with E-state index in [1.807, 2.05) is 17.8 Å². The van der Waals surface area contributed by atoms with Crippen LogP contribution in [0, 0.1) is 11.7 Å². The summed E-state index contributed by atoms with van der Waals surface area (Å²) >= 11 is 7.92. The number of benzene rings is 1. The van der Waals surface area contributed by atoms with Crippen LogP contribution in [0.3, 0.4) is 0 Å². The van der Waals surface area contributed by atoms with Crippen molar-refractivity contribution in [2.45, 2.75) is 18.8 Å². The highest BCUT2D eigenvalue weighted by atomic mass is 35.5. The fraction of sp³-hybridized carbons (Fsp3) is 0.462. The molecular weight excluding hydrogens is 271 g/mol. The van der Waals surface area contributed by atoms with Crippen molar-refractivity contribution in [2.24, 2.45) is 5.92 Å². The Morgan fingerprint density at radius 3 is 3.11 bits per heavy atom. The van der Waals surface area contributed by atoms with E-state index >= 15 is 0 Å². The number of imidazole rings is 1. The van der Waals surface area contributed by atoms with Crippen molar-refractivity contribution in [1.29, 1.82) is 0 Å². The van der Waals surface area contributed by atoms with Crippen LogP contribution < -0.4 is 0 Å². The summed E-state index contributed by atoms with van der Waals surface area (Å²) in [4.78, 5) is 4.32. The van der Waals surface area contributed by atoms with Gasteiger partial charge in [-0.2, -0.15) is 11.8 Å². The minimum atomic E-state index is -0.265. The molecular formula is C13H14ClFN2S. The zero-order valence-corrected chi connectivity index (χ0v) is 11.5. The summed E-state index contributed by atoms with van der Waals surface area (Å²) < 4.78 is 15.8. The number of thioether (sulfide) groups is 1. The van der Waals surface area contributed by atoms with Crippen molar-refractivity contribution in [2.75, 3.05) is 11.5 Å². The van der Waals surface area contributed by atoms with Crippen molar-refractivity contribution >= 4 is 34.4 Å². The first-order valence-corrected chi connectivity index (χ1v) is 7.76. The summed E-state index contributed by atoms with van der Waals surface area (Å²) in [7, 11) is 0. The van der Waals surface area contributed by atoms with Crippen molar-refractivity contribution in [3.63, 3.8) is 0 Å². The maximum atomic E-state index is 13.7. The number of hydrogen-bond acceptors (Lipinski definition) is 2. The number of alkyl halides is 1. The van der Waals surface area contributed by atoms with E-state index in [1.54, 1.807) is 6.07 Å². The molecule has 96 valence electrons. The smallest absolute Gasteiger partial charge is 0.151 e. The van der Waals surface area contributed by atoms with Gasteiger partial charge < -0.3 is 4.57 Å². The average Bonchev–Trinajstić information content (AvgIpc) is 2.99. The topological polar surface area (TPSA) is 17.8 Å². The van der Waals surface area contributed by atoms with Gasteiger partial charge in [0.15, 0.2) is 5.82 Å². The molecule has 3 rings (SSSR count). The molecule has 5 heteroatoms. The summed E-state index contributed by atoms with van der Waals surface area (Å²) in [6, 6.07) is 5.10. The molecule has 1 aliphatic rings. The first-order valence-electron chi connectivity index (χ1n) is 6.07. The molecule has 0 saturated carbocycles. The van der Waals surface area contributed by atoms with Crippen LogP contribution >= 0.6 is 23.4 Å². The van der Waals surface area contributed by atoms with Gasteiger partial charge in [-0.05, 0) is 36.0 Å². The molecule has 0 aliphatic carbocycles. The summed E-state index contributed by atoms with van der Waals surface area (Å²) in [6.45, 7) is 0.898. The second-order valence-electron chi connectivity index (χ2n) is 4.61. The van der Waals surface area contributed by atoms with E-state index in [1.165, 1.54) is 24.0 Å². The van der Waals surface area contributed by atoms with Crippen LogP contribution in [0.2, 0.25) is 0 Å². The lowest BCUT2D eigenvalue weighted by Gasteiger charge is -2.12. The zero-order valence-electron chi connectivity index (χ0n) is 9.90. The molecule has 0 bridgehead atoms. The fourth-order valence-electron chi connectivity index (χ4n) is 2.45. The van der Waals surface area contributed by atoms with E-state index in [0.29, 0.717) is 17.3 Å². The third-order valence-corrected chi connectivity index (χ3v) is 4.86. The lowest BCUT2D eigenvalue weighted by atomic mass is 10.1. The Balaban J connectivity index is 2.04. The quantitative estimate of drug-likeness (QED) is 0.801. The van der Waals surface area contributed by atoms with Gasteiger partial charge in [-0.15, -0.1) is 11.6 Å². The van der Waals surface area contributed by atoms with Crippen LogP contribution in [-0.2, 0) is 12.4 Å². The minimum Gasteiger partial charge on any atom is -0.327 e. The highest BCUT2D eigenvalue weighted by molar-refractivity contribution is 7.99. The lowest BCUT2D eigenvalue weighted by molar-refractivity contribution is 0.493. The molecule has 1 saturated heterocycles. The lowest BCUT2D eigenvalue weighted by Crippen LogP contribution is -2.12. The second kappa shape index (κ2) is 5.10. The van der Waals surface area contributed by atoms with E-state index in [0.717, 1.165) is 17.9 Å². The highest BCUT2D eigenvalue weighted by Crippen LogP contribution is 2.28. The van der Waals surface area contributed by atoms with Gasteiger partial charge in [0.05, 0.1) is 11.4 Å². The molecule has 2 nitrogen and oxygen atoms in total. The predicted octanol–water partition coefficient (Wildman–Crippen LogP) is 3.67. The van der Waals surface area contributed by atoms with Crippen LogP contribution in [0.4, 0.5) is 4.39 Å². The van der Waals surface area contributed by atoms with Gasteiger partial charge in [0, 0.05) is 6.54 Å². The summed E-state index contributed by atoms with van der Waals surface area (Å²) in [5.74, 6) is 3.89. The fourth-order valence-corrected chi connectivity index (χ4v) is 3.93. The van der Waals surface area contributed by atoms with Gasteiger partial charge in [0.2, 0.25) is 0 Å². The number of fused-ring (bicyclic) bond motifs is 1. The zero-order chi connectivity index (χ0) is 12.5. The number of rotatable bonds is 3. The van der Waals surface area contributed by atoms with Gasteiger partial charge in [-0.1, -0.05) is 6.07 Å².